The molecular weight excluding hydrogens is 319 g/mol. The number of rotatable bonds is 3. The van der Waals surface area contributed by atoms with Gasteiger partial charge in [0.2, 0.25) is 0 Å². The van der Waals surface area contributed by atoms with Gasteiger partial charge in [0.1, 0.15) is 11.9 Å². The second-order valence-corrected chi connectivity index (χ2v) is 6.65. The summed E-state index contributed by atoms with van der Waals surface area (Å²) in [5.74, 6) is -0.226. The molecular formula is C20H21FN2O2. The molecule has 0 spiro atoms. The van der Waals surface area contributed by atoms with E-state index in [0.717, 1.165) is 41.6 Å². The summed E-state index contributed by atoms with van der Waals surface area (Å²) in [7, 11) is 0. The van der Waals surface area contributed by atoms with Crippen LogP contribution in [-0.4, -0.2) is 31.2 Å². The van der Waals surface area contributed by atoms with E-state index in [1.807, 2.05) is 23.1 Å². The standard InChI is InChI=1S/C20H21FN2O2/c21-16-3-1-2-13(11-16)14-4-6-18-15(10-14)8-9-23(18)20(24)19-7-5-17(12-22)25-19/h1-4,6,10-11,17,19H,5,7-9,12,22H2/t17-,19+/m1/s1. The lowest BCUT2D eigenvalue weighted by Crippen LogP contribution is -2.38. The number of carbonyl (C=O) groups is 1. The summed E-state index contributed by atoms with van der Waals surface area (Å²) >= 11 is 0. The molecule has 1 amide bonds. The lowest BCUT2D eigenvalue weighted by atomic mass is 10.0. The number of nitrogens with zero attached hydrogens (tertiary/aromatic N) is 1. The van der Waals surface area contributed by atoms with E-state index < -0.39 is 0 Å². The number of halogens is 1. The number of benzene rings is 2. The molecule has 0 aliphatic carbocycles. The number of hydrogen-bond donors (Lipinski definition) is 1. The molecule has 2 N–H and O–H groups in total. The van der Waals surface area contributed by atoms with Crippen LogP contribution in [0.15, 0.2) is 42.5 Å². The minimum Gasteiger partial charge on any atom is -0.364 e. The smallest absolute Gasteiger partial charge is 0.256 e. The molecule has 0 saturated carbocycles. The van der Waals surface area contributed by atoms with Crippen LogP contribution in [-0.2, 0) is 16.0 Å². The average molecular weight is 340 g/mol. The Morgan fingerprint density at radius 3 is 2.80 bits per heavy atom. The summed E-state index contributed by atoms with van der Waals surface area (Å²) in [4.78, 5) is 14.6. The molecule has 130 valence electrons. The molecule has 4 nitrogen and oxygen atoms in total. The van der Waals surface area contributed by atoms with Gasteiger partial charge in [0.15, 0.2) is 0 Å². The van der Waals surface area contributed by atoms with Crippen molar-refractivity contribution in [3.63, 3.8) is 0 Å². The first-order valence-corrected chi connectivity index (χ1v) is 8.71. The third-order valence-corrected chi connectivity index (χ3v) is 5.04. The highest BCUT2D eigenvalue weighted by Crippen LogP contribution is 2.34. The molecule has 2 aromatic rings. The summed E-state index contributed by atoms with van der Waals surface area (Å²) in [6.07, 6.45) is 1.98. The van der Waals surface area contributed by atoms with Gasteiger partial charge in [0.25, 0.3) is 5.91 Å². The van der Waals surface area contributed by atoms with Crippen LogP contribution >= 0.6 is 0 Å². The van der Waals surface area contributed by atoms with Crippen molar-refractivity contribution in [3.8, 4) is 11.1 Å². The zero-order chi connectivity index (χ0) is 17.4. The highest BCUT2D eigenvalue weighted by Gasteiger charge is 2.35. The first kappa shape index (κ1) is 16.2. The van der Waals surface area contributed by atoms with E-state index in [-0.39, 0.29) is 23.9 Å². The summed E-state index contributed by atoms with van der Waals surface area (Å²) in [6, 6.07) is 12.5. The van der Waals surface area contributed by atoms with E-state index >= 15 is 0 Å². The van der Waals surface area contributed by atoms with Gasteiger partial charge in [0, 0.05) is 18.8 Å². The van der Waals surface area contributed by atoms with Crippen LogP contribution < -0.4 is 10.6 Å². The Labute approximate surface area is 146 Å². The fraction of sp³-hybridized carbons (Fsp3) is 0.350. The van der Waals surface area contributed by atoms with Crippen LogP contribution in [0.4, 0.5) is 10.1 Å². The van der Waals surface area contributed by atoms with Crippen LogP contribution in [0.2, 0.25) is 0 Å². The van der Waals surface area contributed by atoms with Gasteiger partial charge in [-0.05, 0) is 60.2 Å². The molecule has 0 radical (unpaired) electrons. The summed E-state index contributed by atoms with van der Waals surface area (Å²) in [5, 5.41) is 0. The normalized spacial score (nSPS) is 22.2. The quantitative estimate of drug-likeness (QED) is 0.935. The molecule has 2 aliphatic rings. The van der Waals surface area contributed by atoms with E-state index in [1.54, 1.807) is 6.07 Å². The fourth-order valence-electron chi connectivity index (χ4n) is 3.71. The first-order valence-electron chi connectivity index (χ1n) is 8.71. The van der Waals surface area contributed by atoms with Crippen LogP contribution in [0, 0.1) is 5.82 Å². The van der Waals surface area contributed by atoms with Crippen LogP contribution in [0.1, 0.15) is 18.4 Å². The van der Waals surface area contributed by atoms with Gasteiger partial charge in [-0.25, -0.2) is 4.39 Å². The van der Waals surface area contributed by atoms with Crippen molar-refractivity contribution < 1.29 is 13.9 Å². The summed E-state index contributed by atoms with van der Waals surface area (Å²) < 4.78 is 19.2. The second-order valence-electron chi connectivity index (χ2n) is 6.65. The predicted molar refractivity (Wildman–Crippen MR) is 94.8 cm³/mol. The highest BCUT2D eigenvalue weighted by atomic mass is 19.1. The van der Waals surface area contributed by atoms with Crippen molar-refractivity contribution in [2.45, 2.75) is 31.5 Å². The van der Waals surface area contributed by atoms with Crippen LogP contribution in [0.3, 0.4) is 0 Å². The number of nitrogens with two attached hydrogens (primary N) is 1. The zero-order valence-electron chi connectivity index (χ0n) is 14.0. The molecule has 2 atom stereocenters. The Morgan fingerprint density at radius 1 is 1.20 bits per heavy atom. The van der Waals surface area contributed by atoms with Crippen LogP contribution in [0.5, 0.6) is 0 Å². The largest absolute Gasteiger partial charge is 0.364 e. The average Bonchev–Trinajstić information content (AvgIpc) is 3.27. The van der Waals surface area contributed by atoms with E-state index in [0.29, 0.717) is 13.1 Å². The van der Waals surface area contributed by atoms with Gasteiger partial charge < -0.3 is 15.4 Å². The zero-order valence-corrected chi connectivity index (χ0v) is 14.0. The molecule has 0 aromatic heterocycles. The Bertz CT molecular complexity index is 808. The molecule has 2 heterocycles. The molecule has 4 rings (SSSR count). The Kier molecular flexibility index (Phi) is 4.27. The Balaban J connectivity index is 1.56. The SMILES string of the molecule is NC[C@H]1CC[C@@H](C(=O)N2CCc3cc(-c4cccc(F)c4)ccc32)O1. The number of hydrogen-bond acceptors (Lipinski definition) is 3. The van der Waals surface area contributed by atoms with Crippen molar-refractivity contribution in [2.75, 3.05) is 18.0 Å². The van der Waals surface area contributed by atoms with Crippen molar-refractivity contribution in [2.24, 2.45) is 5.73 Å². The van der Waals surface area contributed by atoms with Gasteiger partial charge in [-0.1, -0.05) is 18.2 Å². The lowest BCUT2D eigenvalue weighted by Gasteiger charge is -2.21. The third kappa shape index (κ3) is 3.05. The van der Waals surface area contributed by atoms with Gasteiger partial charge in [-0.2, -0.15) is 0 Å². The van der Waals surface area contributed by atoms with Crippen molar-refractivity contribution in [3.05, 3.63) is 53.8 Å². The molecule has 25 heavy (non-hydrogen) atoms. The lowest BCUT2D eigenvalue weighted by molar-refractivity contribution is -0.129. The molecule has 2 aromatic carbocycles. The third-order valence-electron chi connectivity index (χ3n) is 5.04. The van der Waals surface area contributed by atoms with Crippen molar-refractivity contribution in [1.29, 1.82) is 0 Å². The number of carbonyl (C=O) groups excluding carboxylic acids is 1. The number of anilines is 1. The van der Waals surface area contributed by atoms with Crippen molar-refractivity contribution >= 4 is 11.6 Å². The van der Waals surface area contributed by atoms with Gasteiger partial charge in [-0.15, -0.1) is 0 Å². The maximum Gasteiger partial charge on any atom is 0.256 e. The predicted octanol–water partition coefficient (Wildman–Crippen LogP) is 2.89. The monoisotopic (exact) mass is 340 g/mol. The number of ether oxygens (including phenoxy) is 1. The van der Waals surface area contributed by atoms with E-state index in [4.69, 9.17) is 10.5 Å². The molecule has 0 bridgehead atoms. The summed E-state index contributed by atoms with van der Waals surface area (Å²) in [6.45, 7) is 1.12. The van der Waals surface area contributed by atoms with Gasteiger partial charge in [-0.3, -0.25) is 4.79 Å². The topological polar surface area (TPSA) is 55.6 Å². The molecule has 5 heteroatoms. The first-order chi connectivity index (χ1) is 12.2. The maximum absolute atomic E-state index is 13.5. The minimum absolute atomic E-state index is 0.00798. The molecule has 1 saturated heterocycles. The number of amides is 1. The second kappa shape index (κ2) is 6.58. The Hall–Kier alpha value is -2.24. The van der Waals surface area contributed by atoms with E-state index in [9.17, 15) is 9.18 Å². The van der Waals surface area contributed by atoms with Gasteiger partial charge in [0.05, 0.1) is 6.10 Å². The Morgan fingerprint density at radius 2 is 2.04 bits per heavy atom. The fourth-order valence-corrected chi connectivity index (χ4v) is 3.71. The minimum atomic E-state index is -0.387. The van der Waals surface area contributed by atoms with Crippen LogP contribution in [0.25, 0.3) is 11.1 Å². The highest BCUT2D eigenvalue weighted by molar-refractivity contribution is 5.99. The molecule has 2 aliphatic heterocycles. The summed E-state index contributed by atoms with van der Waals surface area (Å²) in [5.41, 5.74) is 9.49. The molecule has 1 fully saturated rings. The van der Waals surface area contributed by atoms with E-state index in [1.165, 1.54) is 12.1 Å². The van der Waals surface area contributed by atoms with E-state index in [2.05, 4.69) is 6.07 Å². The maximum atomic E-state index is 13.5. The number of fused-ring (bicyclic) bond motifs is 1. The molecule has 0 unspecified atom stereocenters. The van der Waals surface area contributed by atoms with Crippen molar-refractivity contribution in [1.82, 2.24) is 0 Å². The van der Waals surface area contributed by atoms with Gasteiger partial charge >= 0.3 is 0 Å².